The highest BCUT2D eigenvalue weighted by Crippen LogP contribution is 2.31. The highest BCUT2D eigenvalue weighted by atomic mass is 16.5. The molecule has 4 heteroatoms. The summed E-state index contributed by atoms with van der Waals surface area (Å²) < 4.78 is 11.8. The average Bonchev–Trinajstić information content (AvgIpc) is 2.89. The van der Waals surface area contributed by atoms with E-state index in [4.69, 9.17) is 9.47 Å². The lowest BCUT2D eigenvalue weighted by atomic mass is 10.00. The summed E-state index contributed by atoms with van der Waals surface area (Å²) in [6.45, 7) is 7.67. The van der Waals surface area contributed by atoms with E-state index < -0.39 is 6.10 Å². The molecule has 3 atom stereocenters. The van der Waals surface area contributed by atoms with E-state index >= 15 is 0 Å². The van der Waals surface area contributed by atoms with Crippen LogP contribution in [0.4, 0.5) is 0 Å². The number of nitrogens with zero attached hydrogens (tertiary/aromatic N) is 1. The van der Waals surface area contributed by atoms with Crippen LogP contribution in [0, 0.1) is 0 Å². The molecule has 128 valence electrons. The number of ether oxygens (including phenoxy) is 2. The van der Waals surface area contributed by atoms with E-state index in [2.05, 4.69) is 18.7 Å². The van der Waals surface area contributed by atoms with Gasteiger partial charge in [-0.1, -0.05) is 30.3 Å². The molecule has 0 bridgehead atoms. The van der Waals surface area contributed by atoms with Crippen molar-refractivity contribution in [2.75, 3.05) is 26.3 Å². The van der Waals surface area contributed by atoms with Gasteiger partial charge in [0.2, 0.25) is 0 Å². The Morgan fingerprint density at radius 2 is 2.09 bits per heavy atom. The van der Waals surface area contributed by atoms with Crippen molar-refractivity contribution < 1.29 is 14.6 Å². The highest BCUT2D eigenvalue weighted by Gasteiger charge is 2.35. The minimum atomic E-state index is -0.439. The third-order valence-corrected chi connectivity index (χ3v) is 5.02. The second-order valence-corrected chi connectivity index (χ2v) is 7.42. The molecule has 0 saturated carbocycles. The first-order valence-electron chi connectivity index (χ1n) is 8.76. The van der Waals surface area contributed by atoms with Gasteiger partial charge in [-0.15, -0.1) is 0 Å². The number of hydrogen-bond acceptors (Lipinski definition) is 4. The zero-order chi connectivity index (χ0) is 16.3. The van der Waals surface area contributed by atoms with Crippen molar-refractivity contribution in [2.24, 2.45) is 0 Å². The fourth-order valence-electron chi connectivity index (χ4n) is 3.68. The average molecular weight is 319 g/mol. The minimum Gasteiger partial charge on any atom is -0.388 e. The summed E-state index contributed by atoms with van der Waals surface area (Å²) in [5.74, 6) is 0. The molecule has 0 spiro atoms. The van der Waals surface area contributed by atoms with E-state index in [1.165, 1.54) is 0 Å². The second kappa shape index (κ2) is 7.31. The van der Waals surface area contributed by atoms with Crippen molar-refractivity contribution >= 4 is 0 Å². The topological polar surface area (TPSA) is 41.9 Å². The molecule has 0 unspecified atom stereocenters. The van der Waals surface area contributed by atoms with Gasteiger partial charge < -0.3 is 14.6 Å². The lowest BCUT2D eigenvalue weighted by Gasteiger charge is -2.38. The van der Waals surface area contributed by atoms with Gasteiger partial charge in [-0.25, -0.2) is 0 Å². The molecule has 1 aromatic carbocycles. The Kier molecular flexibility index (Phi) is 5.37. The van der Waals surface area contributed by atoms with Crippen LogP contribution in [-0.4, -0.2) is 54.1 Å². The second-order valence-electron chi connectivity index (χ2n) is 7.42. The molecule has 23 heavy (non-hydrogen) atoms. The third kappa shape index (κ3) is 4.54. The van der Waals surface area contributed by atoms with Crippen molar-refractivity contribution in [1.82, 2.24) is 4.90 Å². The van der Waals surface area contributed by atoms with Crippen LogP contribution in [0.3, 0.4) is 0 Å². The van der Waals surface area contributed by atoms with Crippen molar-refractivity contribution in [3.8, 4) is 0 Å². The van der Waals surface area contributed by atoms with Gasteiger partial charge in [-0.05, 0) is 38.7 Å². The first-order chi connectivity index (χ1) is 11.0. The number of rotatable bonds is 5. The van der Waals surface area contributed by atoms with Crippen molar-refractivity contribution in [3.63, 3.8) is 0 Å². The number of benzene rings is 1. The standard InChI is InChI=1S/C19H29NO3/c1-19(2)9-8-17(23-19)13-20-10-11-22-14-16(20)12-18(21)15-6-4-3-5-7-15/h3-7,16-18,21H,8-14H2,1-2H3/t16-,17-,18+/m1/s1. The Labute approximate surface area is 139 Å². The molecule has 2 aliphatic rings. The Hall–Kier alpha value is -0.940. The van der Waals surface area contributed by atoms with Gasteiger partial charge in [-0.2, -0.15) is 0 Å². The molecule has 2 fully saturated rings. The summed E-state index contributed by atoms with van der Waals surface area (Å²) in [5, 5.41) is 10.5. The molecule has 2 saturated heterocycles. The largest absolute Gasteiger partial charge is 0.388 e. The summed E-state index contributed by atoms with van der Waals surface area (Å²) in [6, 6.07) is 10.2. The molecule has 0 radical (unpaired) electrons. The molecule has 3 rings (SSSR count). The molecule has 1 N–H and O–H groups in total. The number of morpholine rings is 1. The molecule has 0 aliphatic carbocycles. The first kappa shape index (κ1) is 16.9. The van der Waals surface area contributed by atoms with Gasteiger partial charge >= 0.3 is 0 Å². The summed E-state index contributed by atoms with van der Waals surface area (Å²) in [5.41, 5.74) is 0.993. The smallest absolute Gasteiger partial charge is 0.0805 e. The van der Waals surface area contributed by atoms with Crippen molar-refractivity contribution in [2.45, 2.75) is 57.0 Å². The van der Waals surface area contributed by atoms with E-state index in [9.17, 15) is 5.11 Å². The molecule has 0 amide bonds. The van der Waals surface area contributed by atoms with Crippen LogP contribution < -0.4 is 0 Å². The number of aliphatic hydroxyl groups excluding tert-OH is 1. The Morgan fingerprint density at radius 1 is 1.30 bits per heavy atom. The zero-order valence-corrected chi connectivity index (χ0v) is 14.3. The predicted molar refractivity (Wildman–Crippen MR) is 90.4 cm³/mol. The van der Waals surface area contributed by atoms with E-state index in [1.54, 1.807) is 0 Å². The lowest BCUT2D eigenvalue weighted by molar-refractivity contribution is -0.0688. The molecular formula is C19H29NO3. The quantitative estimate of drug-likeness (QED) is 0.906. The SMILES string of the molecule is CC1(C)CC[C@H](CN2CCOC[C@H]2C[C@H](O)c2ccccc2)O1. The van der Waals surface area contributed by atoms with Gasteiger partial charge in [0.1, 0.15) is 0 Å². The summed E-state index contributed by atoms with van der Waals surface area (Å²) in [4.78, 5) is 2.45. The van der Waals surface area contributed by atoms with Gasteiger partial charge in [0.25, 0.3) is 0 Å². The van der Waals surface area contributed by atoms with Crippen LogP contribution in [0.25, 0.3) is 0 Å². The van der Waals surface area contributed by atoms with Gasteiger partial charge in [0.05, 0.1) is 31.0 Å². The maximum atomic E-state index is 10.5. The maximum absolute atomic E-state index is 10.5. The third-order valence-electron chi connectivity index (χ3n) is 5.02. The normalized spacial score (nSPS) is 29.5. The first-order valence-corrected chi connectivity index (χ1v) is 8.76. The van der Waals surface area contributed by atoms with Crippen LogP contribution in [0.2, 0.25) is 0 Å². The summed E-state index contributed by atoms with van der Waals surface area (Å²) >= 11 is 0. The number of aliphatic hydroxyl groups is 1. The lowest BCUT2D eigenvalue weighted by Crippen LogP contribution is -2.49. The molecular weight excluding hydrogens is 290 g/mol. The molecule has 4 nitrogen and oxygen atoms in total. The van der Waals surface area contributed by atoms with Gasteiger partial charge in [0, 0.05) is 19.1 Å². The van der Waals surface area contributed by atoms with Gasteiger partial charge in [-0.3, -0.25) is 4.90 Å². The number of hydrogen-bond donors (Lipinski definition) is 1. The monoisotopic (exact) mass is 319 g/mol. The molecule has 1 aromatic rings. The maximum Gasteiger partial charge on any atom is 0.0805 e. The molecule has 2 heterocycles. The molecule has 0 aromatic heterocycles. The van der Waals surface area contributed by atoms with Crippen LogP contribution in [0.1, 0.15) is 44.8 Å². The van der Waals surface area contributed by atoms with E-state index in [-0.39, 0.29) is 11.6 Å². The van der Waals surface area contributed by atoms with Crippen molar-refractivity contribution in [3.05, 3.63) is 35.9 Å². The van der Waals surface area contributed by atoms with E-state index in [0.29, 0.717) is 19.1 Å². The zero-order valence-electron chi connectivity index (χ0n) is 14.3. The molecule has 2 aliphatic heterocycles. The van der Waals surface area contributed by atoms with Crippen LogP contribution in [-0.2, 0) is 9.47 Å². The van der Waals surface area contributed by atoms with Gasteiger partial charge in [0.15, 0.2) is 0 Å². The highest BCUT2D eigenvalue weighted by molar-refractivity contribution is 5.17. The Balaban J connectivity index is 1.58. The fourth-order valence-corrected chi connectivity index (χ4v) is 3.68. The van der Waals surface area contributed by atoms with Crippen LogP contribution >= 0.6 is 0 Å². The van der Waals surface area contributed by atoms with E-state index in [0.717, 1.165) is 38.1 Å². The van der Waals surface area contributed by atoms with E-state index in [1.807, 2.05) is 30.3 Å². The summed E-state index contributed by atoms with van der Waals surface area (Å²) in [7, 11) is 0. The van der Waals surface area contributed by atoms with Crippen LogP contribution in [0.5, 0.6) is 0 Å². The summed E-state index contributed by atoms with van der Waals surface area (Å²) in [6.07, 6.45) is 2.82. The Bertz CT molecular complexity index is 491. The van der Waals surface area contributed by atoms with Crippen molar-refractivity contribution in [1.29, 1.82) is 0 Å². The minimum absolute atomic E-state index is 0.00992. The fraction of sp³-hybridized carbons (Fsp3) is 0.684. The Morgan fingerprint density at radius 3 is 2.78 bits per heavy atom. The van der Waals surface area contributed by atoms with Crippen LogP contribution in [0.15, 0.2) is 30.3 Å². The predicted octanol–water partition coefficient (Wildman–Crippen LogP) is 2.77.